The molecule has 0 spiro atoms. The first-order valence-electron chi connectivity index (χ1n) is 8.57. The van der Waals surface area contributed by atoms with Crippen LogP contribution in [0.15, 0.2) is 58.0 Å². The van der Waals surface area contributed by atoms with Gasteiger partial charge in [-0.1, -0.05) is 40.2 Å². The van der Waals surface area contributed by atoms with E-state index in [9.17, 15) is 4.79 Å². The Morgan fingerprint density at radius 2 is 1.64 bits per heavy atom. The van der Waals surface area contributed by atoms with Crippen molar-refractivity contribution in [1.29, 1.82) is 0 Å². The molecule has 0 atom stereocenters. The maximum absolute atomic E-state index is 11.9. The van der Waals surface area contributed by atoms with Crippen LogP contribution in [-0.4, -0.2) is 44.5 Å². The van der Waals surface area contributed by atoms with Crippen molar-refractivity contribution >= 4 is 51.8 Å². The first-order valence-corrected chi connectivity index (χ1v) is 9.37. The van der Waals surface area contributed by atoms with Gasteiger partial charge in [-0.2, -0.15) is 0 Å². The molecule has 0 bridgehead atoms. The van der Waals surface area contributed by atoms with Crippen LogP contribution in [0.1, 0.15) is 11.1 Å². The minimum Gasteiger partial charge on any atom is -0.497 e. The van der Waals surface area contributed by atoms with Gasteiger partial charge >= 0.3 is 0 Å². The molecule has 0 aliphatic heterocycles. The Balaban J connectivity index is 0.00000392. The van der Waals surface area contributed by atoms with Crippen LogP contribution in [-0.2, 0) is 17.9 Å². The standard InChI is InChI=1S/C20H25BrN4O2.HI/c1-25(2)19(26)14-24-20(22-12-15-4-8-17(21)9-5-15)23-13-16-6-10-18(27-3)11-7-16;/h4-11H,12-14H2,1-3H3,(H2,22,23,24);1H. The zero-order valence-electron chi connectivity index (χ0n) is 16.2. The molecule has 0 radical (unpaired) electrons. The monoisotopic (exact) mass is 560 g/mol. The quantitative estimate of drug-likeness (QED) is 0.309. The fraction of sp³-hybridized carbons (Fsp3) is 0.300. The van der Waals surface area contributed by atoms with Gasteiger partial charge in [-0.25, -0.2) is 4.99 Å². The Kier molecular flexibility index (Phi) is 10.9. The first-order chi connectivity index (χ1) is 13.0. The molecule has 0 unspecified atom stereocenters. The van der Waals surface area contributed by atoms with E-state index in [1.54, 1.807) is 26.1 Å². The van der Waals surface area contributed by atoms with Crippen molar-refractivity contribution in [2.45, 2.75) is 13.1 Å². The summed E-state index contributed by atoms with van der Waals surface area (Å²) in [7, 11) is 5.10. The second-order valence-electron chi connectivity index (χ2n) is 6.13. The smallest absolute Gasteiger partial charge is 0.241 e. The van der Waals surface area contributed by atoms with Gasteiger partial charge in [0.25, 0.3) is 0 Å². The summed E-state index contributed by atoms with van der Waals surface area (Å²) in [4.78, 5) is 18.0. The SMILES string of the molecule is COc1ccc(CN=C(NCC(=O)N(C)C)NCc2ccc(Br)cc2)cc1.I. The Hall–Kier alpha value is -1.81. The Morgan fingerprint density at radius 3 is 2.21 bits per heavy atom. The van der Waals surface area contributed by atoms with Gasteiger partial charge in [0.1, 0.15) is 5.75 Å². The molecule has 2 N–H and O–H groups in total. The highest BCUT2D eigenvalue weighted by Gasteiger charge is 2.06. The fourth-order valence-electron chi connectivity index (χ4n) is 2.18. The molecule has 2 aromatic rings. The molecule has 0 aliphatic carbocycles. The summed E-state index contributed by atoms with van der Waals surface area (Å²) < 4.78 is 6.21. The van der Waals surface area contributed by atoms with Crippen LogP contribution in [0.3, 0.4) is 0 Å². The lowest BCUT2D eigenvalue weighted by Crippen LogP contribution is -2.42. The highest BCUT2D eigenvalue weighted by Crippen LogP contribution is 2.12. The van der Waals surface area contributed by atoms with E-state index in [0.29, 0.717) is 19.0 Å². The van der Waals surface area contributed by atoms with E-state index in [1.165, 1.54) is 0 Å². The molecule has 0 heterocycles. The molecule has 2 rings (SSSR count). The average Bonchev–Trinajstić information content (AvgIpc) is 2.68. The number of likely N-dealkylation sites (N-methyl/N-ethyl adjacent to an activating group) is 1. The van der Waals surface area contributed by atoms with Crippen LogP contribution in [0.25, 0.3) is 0 Å². The maximum Gasteiger partial charge on any atom is 0.241 e. The first kappa shape index (κ1) is 24.2. The number of hydrogen-bond acceptors (Lipinski definition) is 3. The van der Waals surface area contributed by atoms with Crippen LogP contribution < -0.4 is 15.4 Å². The molecule has 0 aromatic heterocycles. The van der Waals surface area contributed by atoms with Crippen molar-refractivity contribution in [2.75, 3.05) is 27.7 Å². The number of guanidine groups is 1. The van der Waals surface area contributed by atoms with E-state index in [1.807, 2.05) is 48.5 Å². The molecule has 0 fully saturated rings. The molecule has 2 aromatic carbocycles. The van der Waals surface area contributed by atoms with Gasteiger partial charge in [0, 0.05) is 25.1 Å². The number of nitrogens with zero attached hydrogens (tertiary/aromatic N) is 2. The summed E-state index contributed by atoms with van der Waals surface area (Å²) in [5.74, 6) is 1.38. The fourth-order valence-corrected chi connectivity index (χ4v) is 2.45. The lowest BCUT2D eigenvalue weighted by atomic mass is 10.2. The average molecular weight is 561 g/mol. The number of carbonyl (C=O) groups excluding carboxylic acids is 1. The van der Waals surface area contributed by atoms with Gasteiger partial charge in [-0.15, -0.1) is 24.0 Å². The summed E-state index contributed by atoms with van der Waals surface area (Å²) in [6.07, 6.45) is 0. The number of nitrogens with one attached hydrogen (secondary N) is 2. The number of amides is 1. The molecule has 1 amide bonds. The third kappa shape index (κ3) is 8.47. The van der Waals surface area contributed by atoms with Crippen molar-refractivity contribution in [3.05, 3.63) is 64.1 Å². The van der Waals surface area contributed by atoms with Crippen LogP contribution >= 0.6 is 39.9 Å². The summed E-state index contributed by atoms with van der Waals surface area (Å²) in [5.41, 5.74) is 2.18. The molecule has 0 saturated carbocycles. The number of rotatable bonds is 7. The van der Waals surface area contributed by atoms with Gasteiger partial charge in [-0.05, 0) is 35.4 Å². The van der Waals surface area contributed by atoms with Crippen LogP contribution in [0.5, 0.6) is 5.75 Å². The van der Waals surface area contributed by atoms with E-state index >= 15 is 0 Å². The molecular formula is C20H26BrIN4O2. The van der Waals surface area contributed by atoms with Crippen molar-refractivity contribution < 1.29 is 9.53 Å². The van der Waals surface area contributed by atoms with Crippen molar-refractivity contribution in [1.82, 2.24) is 15.5 Å². The van der Waals surface area contributed by atoms with Crippen LogP contribution in [0.2, 0.25) is 0 Å². The Morgan fingerprint density at radius 1 is 1.04 bits per heavy atom. The molecule has 0 saturated heterocycles. The zero-order valence-corrected chi connectivity index (χ0v) is 20.2. The lowest BCUT2D eigenvalue weighted by Gasteiger charge is -2.15. The summed E-state index contributed by atoms with van der Waals surface area (Å²) in [5, 5.41) is 6.36. The Labute approximate surface area is 191 Å². The Bertz CT molecular complexity index is 765. The molecular weight excluding hydrogens is 535 g/mol. The van der Waals surface area contributed by atoms with Gasteiger partial charge in [0.2, 0.25) is 5.91 Å². The minimum absolute atomic E-state index is 0. The molecule has 6 nitrogen and oxygen atoms in total. The van der Waals surface area contributed by atoms with Crippen LogP contribution in [0, 0.1) is 0 Å². The number of methoxy groups -OCH3 is 1. The van der Waals surface area contributed by atoms with Gasteiger partial charge < -0.3 is 20.3 Å². The summed E-state index contributed by atoms with van der Waals surface area (Å²) in [6.45, 7) is 1.29. The topological polar surface area (TPSA) is 66.0 Å². The third-order valence-corrected chi connectivity index (χ3v) is 4.39. The van der Waals surface area contributed by atoms with Crippen molar-refractivity contribution in [3.63, 3.8) is 0 Å². The third-order valence-electron chi connectivity index (χ3n) is 3.86. The van der Waals surface area contributed by atoms with Gasteiger partial charge in [0.05, 0.1) is 20.2 Å². The predicted octanol–water partition coefficient (Wildman–Crippen LogP) is 3.40. The van der Waals surface area contributed by atoms with Crippen molar-refractivity contribution in [2.24, 2.45) is 4.99 Å². The minimum atomic E-state index is -0.0161. The van der Waals surface area contributed by atoms with Gasteiger partial charge in [-0.3, -0.25) is 4.79 Å². The van der Waals surface area contributed by atoms with Crippen LogP contribution in [0.4, 0.5) is 0 Å². The molecule has 28 heavy (non-hydrogen) atoms. The highest BCUT2D eigenvalue weighted by molar-refractivity contribution is 14.0. The van der Waals surface area contributed by atoms with E-state index in [4.69, 9.17) is 4.74 Å². The second-order valence-corrected chi connectivity index (χ2v) is 7.05. The number of halogens is 2. The van der Waals surface area contributed by atoms with E-state index in [0.717, 1.165) is 21.3 Å². The lowest BCUT2D eigenvalue weighted by molar-refractivity contribution is -0.127. The number of hydrogen-bond donors (Lipinski definition) is 2. The highest BCUT2D eigenvalue weighted by atomic mass is 127. The molecule has 0 aliphatic rings. The second kappa shape index (κ2) is 12.6. The molecule has 8 heteroatoms. The summed E-state index contributed by atoms with van der Waals surface area (Å²) >= 11 is 3.43. The number of aliphatic imine (C=N–C) groups is 1. The largest absolute Gasteiger partial charge is 0.497 e. The maximum atomic E-state index is 11.9. The number of carbonyl (C=O) groups is 1. The van der Waals surface area contributed by atoms with E-state index < -0.39 is 0 Å². The number of benzene rings is 2. The van der Waals surface area contributed by atoms with E-state index in [-0.39, 0.29) is 36.4 Å². The number of ether oxygens (including phenoxy) is 1. The predicted molar refractivity (Wildman–Crippen MR) is 127 cm³/mol. The zero-order chi connectivity index (χ0) is 19.6. The van der Waals surface area contributed by atoms with Gasteiger partial charge in [0.15, 0.2) is 5.96 Å². The summed E-state index contributed by atoms with van der Waals surface area (Å²) in [6, 6.07) is 15.8. The van der Waals surface area contributed by atoms with Crippen molar-refractivity contribution in [3.8, 4) is 5.75 Å². The molecule has 152 valence electrons. The normalized spacial score (nSPS) is 10.6. The van der Waals surface area contributed by atoms with E-state index in [2.05, 4.69) is 31.6 Å².